The SMILES string of the molecule is CC(C)CCNC(=O)[C@H](CCc1ccccc1)NC(=O)[C@H]1O[C@@H]1C(=O)O. The number of rotatable bonds is 10. The standard InChI is InChI=1S/C19H26N2O5/c1-12(2)10-11-20-17(22)14(9-8-13-6-4-3-5-7-13)21-18(23)15-16(26-15)19(24)25/h3-7,12,14-16H,8-11H2,1-2H3,(H,20,22)(H,21,23)(H,24,25)/t14-,15-,16-/m0/s1. The van der Waals surface area contributed by atoms with Gasteiger partial charge < -0.3 is 20.5 Å². The summed E-state index contributed by atoms with van der Waals surface area (Å²) in [4.78, 5) is 35.4. The molecule has 2 rings (SSSR count). The lowest BCUT2D eigenvalue weighted by atomic mass is 10.0. The number of aliphatic carboxylic acids is 1. The molecular weight excluding hydrogens is 336 g/mol. The van der Waals surface area contributed by atoms with Gasteiger partial charge in [-0.05, 0) is 30.7 Å². The van der Waals surface area contributed by atoms with Crippen molar-refractivity contribution in [3.63, 3.8) is 0 Å². The summed E-state index contributed by atoms with van der Waals surface area (Å²) in [6.07, 6.45) is -0.243. The minimum absolute atomic E-state index is 0.262. The van der Waals surface area contributed by atoms with Gasteiger partial charge in [0.05, 0.1) is 0 Å². The van der Waals surface area contributed by atoms with Crippen molar-refractivity contribution in [2.75, 3.05) is 6.54 Å². The van der Waals surface area contributed by atoms with E-state index in [-0.39, 0.29) is 5.91 Å². The molecule has 0 saturated carbocycles. The second kappa shape index (κ2) is 9.33. The van der Waals surface area contributed by atoms with Crippen LogP contribution in [0.3, 0.4) is 0 Å². The zero-order chi connectivity index (χ0) is 19.1. The molecule has 1 fully saturated rings. The molecule has 3 atom stereocenters. The van der Waals surface area contributed by atoms with Crippen LogP contribution in [0, 0.1) is 5.92 Å². The highest BCUT2D eigenvalue weighted by atomic mass is 16.6. The number of hydrogen-bond donors (Lipinski definition) is 3. The Morgan fingerprint density at radius 1 is 1.12 bits per heavy atom. The van der Waals surface area contributed by atoms with Crippen LogP contribution in [0.2, 0.25) is 0 Å². The summed E-state index contributed by atoms with van der Waals surface area (Å²) in [5.74, 6) is -1.53. The van der Waals surface area contributed by atoms with Crippen molar-refractivity contribution in [2.45, 2.75) is 51.4 Å². The minimum atomic E-state index is -1.17. The largest absolute Gasteiger partial charge is 0.479 e. The van der Waals surface area contributed by atoms with Crippen molar-refractivity contribution >= 4 is 17.8 Å². The Hall–Kier alpha value is -2.41. The molecule has 0 radical (unpaired) electrons. The summed E-state index contributed by atoms with van der Waals surface area (Å²) in [5.41, 5.74) is 1.06. The predicted molar refractivity (Wildman–Crippen MR) is 95.5 cm³/mol. The fourth-order valence-corrected chi connectivity index (χ4v) is 2.59. The summed E-state index contributed by atoms with van der Waals surface area (Å²) in [6, 6.07) is 8.94. The number of carboxylic acid groups (broad SMARTS) is 1. The van der Waals surface area contributed by atoms with Gasteiger partial charge in [-0.25, -0.2) is 4.79 Å². The summed E-state index contributed by atoms with van der Waals surface area (Å²) >= 11 is 0. The molecule has 7 nitrogen and oxygen atoms in total. The molecule has 0 spiro atoms. The second-order valence-electron chi connectivity index (χ2n) is 6.87. The summed E-state index contributed by atoms with van der Waals surface area (Å²) in [6.45, 7) is 4.67. The van der Waals surface area contributed by atoms with Gasteiger partial charge in [0, 0.05) is 6.54 Å². The Morgan fingerprint density at radius 3 is 2.38 bits per heavy atom. The first-order valence-electron chi connectivity index (χ1n) is 8.88. The molecule has 7 heteroatoms. The number of hydrogen-bond acceptors (Lipinski definition) is 4. The quantitative estimate of drug-likeness (QED) is 0.541. The Labute approximate surface area is 153 Å². The van der Waals surface area contributed by atoms with Gasteiger partial charge >= 0.3 is 5.97 Å². The molecule has 3 N–H and O–H groups in total. The van der Waals surface area contributed by atoms with Crippen molar-refractivity contribution < 1.29 is 24.2 Å². The van der Waals surface area contributed by atoms with Crippen molar-refractivity contribution in [2.24, 2.45) is 5.92 Å². The van der Waals surface area contributed by atoms with Crippen LogP contribution >= 0.6 is 0 Å². The van der Waals surface area contributed by atoms with Crippen molar-refractivity contribution in [1.82, 2.24) is 10.6 Å². The highest BCUT2D eigenvalue weighted by molar-refractivity contribution is 5.95. The van der Waals surface area contributed by atoms with Crippen LogP contribution in [0.25, 0.3) is 0 Å². The maximum Gasteiger partial charge on any atom is 0.336 e. The van der Waals surface area contributed by atoms with Gasteiger partial charge in [-0.1, -0.05) is 44.2 Å². The number of aryl methyl sites for hydroxylation is 1. The van der Waals surface area contributed by atoms with E-state index in [9.17, 15) is 14.4 Å². The van der Waals surface area contributed by atoms with E-state index < -0.39 is 30.1 Å². The molecule has 142 valence electrons. The predicted octanol–water partition coefficient (Wildman–Crippen LogP) is 1.12. The maximum absolute atomic E-state index is 12.5. The van der Waals surface area contributed by atoms with Crippen molar-refractivity contribution in [1.29, 1.82) is 0 Å². The van der Waals surface area contributed by atoms with Crippen LogP contribution in [0.4, 0.5) is 0 Å². The highest BCUT2D eigenvalue weighted by Crippen LogP contribution is 2.22. The molecule has 1 aromatic carbocycles. The number of benzene rings is 1. The zero-order valence-corrected chi connectivity index (χ0v) is 15.1. The third-order valence-electron chi connectivity index (χ3n) is 4.21. The van der Waals surface area contributed by atoms with Crippen LogP contribution in [0.15, 0.2) is 30.3 Å². The van der Waals surface area contributed by atoms with Crippen LogP contribution in [0.1, 0.15) is 32.3 Å². The van der Waals surface area contributed by atoms with Gasteiger partial charge in [0.2, 0.25) is 5.91 Å². The van der Waals surface area contributed by atoms with E-state index in [1.807, 2.05) is 30.3 Å². The van der Waals surface area contributed by atoms with Crippen LogP contribution in [-0.4, -0.2) is 47.7 Å². The molecule has 1 heterocycles. The van der Waals surface area contributed by atoms with Gasteiger partial charge in [-0.15, -0.1) is 0 Å². The Bertz CT molecular complexity index is 632. The number of nitrogens with one attached hydrogen (secondary N) is 2. The fourth-order valence-electron chi connectivity index (χ4n) is 2.59. The highest BCUT2D eigenvalue weighted by Gasteiger charge is 2.51. The molecule has 0 unspecified atom stereocenters. The van der Waals surface area contributed by atoms with Crippen LogP contribution < -0.4 is 10.6 Å². The Balaban J connectivity index is 1.92. The Morgan fingerprint density at radius 2 is 1.81 bits per heavy atom. The van der Waals surface area contributed by atoms with E-state index in [0.29, 0.717) is 25.3 Å². The summed E-state index contributed by atoms with van der Waals surface area (Å²) < 4.78 is 4.85. The fraction of sp³-hybridized carbons (Fsp3) is 0.526. The molecule has 26 heavy (non-hydrogen) atoms. The molecule has 1 saturated heterocycles. The first kappa shape index (κ1) is 19.9. The second-order valence-corrected chi connectivity index (χ2v) is 6.87. The van der Waals surface area contributed by atoms with Gasteiger partial charge in [0.25, 0.3) is 5.91 Å². The lowest BCUT2D eigenvalue weighted by Gasteiger charge is -2.18. The van der Waals surface area contributed by atoms with Gasteiger partial charge in [-0.2, -0.15) is 0 Å². The maximum atomic E-state index is 12.5. The van der Waals surface area contributed by atoms with Crippen molar-refractivity contribution in [3.8, 4) is 0 Å². The van der Waals surface area contributed by atoms with E-state index in [0.717, 1.165) is 12.0 Å². The molecule has 0 bridgehead atoms. The third kappa shape index (κ3) is 6.15. The Kier molecular flexibility index (Phi) is 7.15. The smallest absolute Gasteiger partial charge is 0.336 e. The normalized spacial score (nSPS) is 19.7. The number of ether oxygens (including phenoxy) is 1. The topological polar surface area (TPSA) is 108 Å². The van der Waals surface area contributed by atoms with E-state index in [1.165, 1.54) is 0 Å². The molecule has 1 aliphatic rings. The van der Waals surface area contributed by atoms with Crippen molar-refractivity contribution in [3.05, 3.63) is 35.9 Å². The van der Waals surface area contributed by atoms with Crippen LogP contribution in [0.5, 0.6) is 0 Å². The molecule has 1 aromatic rings. The lowest BCUT2D eigenvalue weighted by Crippen LogP contribution is -2.49. The van der Waals surface area contributed by atoms with E-state index in [1.54, 1.807) is 0 Å². The van der Waals surface area contributed by atoms with E-state index in [4.69, 9.17) is 9.84 Å². The first-order chi connectivity index (χ1) is 12.4. The third-order valence-corrected chi connectivity index (χ3v) is 4.21. The van der Waals surface area contributed by atoms with Gasteiger partial charge in [0.1, 0.15) is 6.04 Å². The van der Waals surface area contributed by atoms with Gasteiger partial charge in [0.15, 0.2) is 12.2 Å². The molecular formula is C19H26N2O5. The number of carbonyl (C=O) groups excluding carboxylic acids is 2. The lowest BCUT2D eigenvalue weighted by molar-refractivity contribution is -0.138. The molecule has 1 aliphatic heterocycles. The number of carboxylic acids is 1. The number of carbonyl (C=O) groups is 3. The molecule has 0 aliphatic carbocycles. The molecule has 2 amide bonds. The van der Waals surface area contributed by atoms with E-state index >= 15 is 0 Å². The average molecular weight is 362 g/mol. The number of amides is 2. The van der Waals surface area contributed by atoms with Crippen LogP contribution in [-0.2, 0) is 25.5 Å². The first-order valence-corrected chi connectivity index (χ1v) is 8.88. The number of epoxide rings is 1. The summed E-state index contributed by atoms with van der Waals surface area (Å²) in [5, 5.41) is 14.3. The summed E-state index contributed by atoms with van der Waals surface area (Å²) in [7, 11) is 0. The zero-order valence-electron chi connectivity index (χ0n) is 15.1. The molecule has 0 aromatic heterocycles. The monoisotopic (exact) mass is 362 g/mol. The average Bonchev–Trinajstić information content (AvgIpc) is 3.40. The van der Waals surface area contributed by atoms with E-state index in [2.05, 4.69) is 24.5 Å². The van der Waals surface area contributed by atoms with Gasteiger partial charge in [-0.3, -0.25) is 9.59 Å². The minimum Gasteiger partial charge on any atom is -0.479 e.